The van der Waals surface area contributed by atoms with Gasteiger partial charge in [-0.25, -0.2) is 0 Å². The molecule has 1 unspecified atom stereocenters. The van der Waals surface area contributed by atoms with Gasteiger partial charge in [-0.3, -0.25) is 9.78 Å². The highest BCUT2D eigenvalue weighted by atomic mass is 16.1. The summed E-state index contributed by atoms with van der Waals surface area (Å²) in [6.07, 6.45) is 4.39. The Morgan fingerprint density at radius 2 is 2.35 bits per heavy atom. The second-order valence-corrected chi connectivity index (χ2v) is 4.70. The molecule has 92 valence electrons. The van der Waals surface area contributed by atoms with E-state index in [2.05, 4.69) is 22.5 Å². The third-order valence-corrected chi connectivity index (χ3v) is 3.27. The van der Waals surface area contributed by atoms with Crippen LogP contribution in [0.4, 0.5) is 5.69 Å². The number of hydrogen-bond acceptors (Lipinski definition) is 3. The monoisotopic (exact) mass is 233 g/mol. The second-order valence-electron chi connectivity index (χ2n) is 4.70. The van der Waals surface area contributed by atoms with Gasteiger partial charge < -0.3 is 10.6 Å². The Kier molecular flexibility index (Phi) is 3.61. The van der Waals surface area contributed by atoms with Crippen LogP contribution in [0.25, 0.3) is 0 Å². The predicted molar refractivity (Wildman–Crippen MR) is 68.0 cm³/mol. The average molecular weight is 233 g/mol. The molecule has 1 aromatic heterocycles. The SMILES string of the molecule is CNC(=O)c1cc(NCC(C)C2CC2)ccn1. The van der Waals surface area contributed by atoms with Crippen LogP contribution in [0.1, 0.15) is 30.3 Å². The molecule has 1 aliphatic rings. The number of carbonyl (C=O) groups excluding carboxylic acids is 1. The molecule has 1 atom stereocenters. The number of amides is 1. The van der Waals surface area contributed by atoms with Crippen LogP contribution in [0.2, 0.25) is 0 Å². The fraction of sp³-hybridized carbons (Fsp3) is 0.538. The minimum atomic E-state index is -0.149. The van der Waals surface area contributed by atoms with Gasteiger partial charge in [-0.1, -0.05) is 6.92 Å². The molecule has 2 rings (SSSR count). The Morgan fingerprint density at radius 1 is 1.59 bits per heavy atom. The van der Waals surface area contributed by atoms with Crippen molar-refractivity contribution in [1.29, 1.82) is 0 Å². The van der Waals surface area contributed by atoms with Crippen molar-refractivity contribution in [2.45, 2.75) is 19.8 Å². The molecule has 0 saturated heterocycles. The Balaban J connectivity index is 1.93. The van der Waals surface area contributed by atoms with E-state index in [0.29, 0.717) is 11.6 Å². The van der Waals surface area contributed by atoms with Crippen molar-refractivity contribution in [3.63, 3.8) is 0 Å². The van der Waals surface area contributed by atoms with Gasteiger partial charge in [0.05, 0.1) is 0 Å². The van der Waals surface area contributed by atoms with E-state index in [0.717, 1.165) is 18.2 Å². The van der Waals surface area contributed by atoms with Crippen molar-refractivity contribution in [2.24, 2.45) is 11.8 Å². The second kappa shape index (κ2) is 5.17. The first-order valence-corrected chi connectivity index (χ1v) is 6.12. The summed E-state index contributed by atoms with van der Waals surface area (Å²) < 4.78 is 0. The van der Waals surface area contributed by atoms with E-state index in [1.807, 2.05) is 6.07 Å². The van der Waals surface area contributed by atoms with Crippen molar-refractivity contribution in [2.75, 3.05) is 18.9 Å². The summed E-state index contributed by atoms with van der Waals surface area (Å²) in [5, 5.41) is 5.94. The van der Waals surface area contributed by atoms with Crippen LogP contribution in [0.5, 0.6) is 0 Å². The molecule has 0 bridgehead atoms. The number of hydrogen-bond donors (Lipinski definition) is 2. The van der Waals surface area contributed by atoms with Crippen molar-refractivity contribution >= 4 is 11.6 Å². The number of anilines is 1. The molecule has 0 aromatic carbocycles. The quantitative estimate of drug-likeness (QED) is 0.816. The maximum absolute atomic E-state index is 11.4. The number of carbonyl (C=O) groups is 1. The lowest BCUT2D eigenvalue weighted by Gasteiger charge is -2.12. The summed E-state index contributed by atoms with van der Waals surface area (Å²) in [6.45, 7) is 3.23. The fourth-order valence-corrected chi connectivity index (χ4v) is 1.90. The van der Waals surface area contributed by atoms with Gasteiger partial charge in [0.15, 0.2) is 0 Å². The van der Waals surface area contributed by atoms with Crippen LogP contribution in [-0.4, -0.2) is 24.5 Å². The Labute approximate surface area is 102 Å². The molecular weight excluding hydrogens is 214 g/mol. The average Bonchev–Trinajstić information content (AvgIpc) is 3.19. The first kappa shape index (κ1) is 11.9. The molecule has 2 N–H and O–H groups in total. The van der Waals surface area contributed by atoms with Crippen LogP contribution in [0.3, 0.4) is 0 Å². The normalized spacial score (nSPS) is 16.4. The van der Waals surface area contributed by atoms with Crippen LogP contribution in [0, 0.1) is 11.8 Å². The molecular formula is C13H19N3O. The van der Waals surface area contributed by atoms with Crippen molar-refractivity contribution < 1.29 is 4.79 Å². The van der Waals surface area contributed by atoms with Crippen molar-refractivity contribution in [3.05, 3.63) is 24.0 Å². The molecule has 0 spiro atoms. The smallest absolute Gasteiger partial charge is 0.269 e. The topological polar surface area (TPSA) is 54.0 Å². The molecule has 0 aliphatic heterocycles. The molecule has 0 radical (unpaired) electrons. The summed E-state index contributed by atoms with van der Waals surface area (Å²) in [5.74, 6) is 1.44. The molecule has 1 saturated carbocycles. The Hall–Kier alpha value is -1.58. The number of aromatic nitrogens is 1. The highest BCUT2D eigenvalue weighted by molar-refractivity contribution is 5.92. The summed E-state index contributed by atoms with van der Waals surface area (Å²) in [5.41, 5.74) is 1.42. The first-order valence-electron chi connectivity index (χ1n) is 6.12. The molecule has 1 aromatic rings. The van der Waals surface area contributed by atoms with Crippen molar-refractivity contribution in [1.82, 2.24) is 10.3 Å². The highest BCUT2D eigenvalue weighted by Crippen LogP contribution is 2.36. The van der Waals surface area contributed by atoms with Crippen LogP contribution in [-0.2, 0) is 0 Å². The van der Waals surface area contributed by atoms with Gasteiger partial charge in [0.2, 0.25) is 0 Å². The van der Waals surface area contributed by atoms with Gasteiger partial charge >= 0.3 is 0 Å². The van der Waals surface area contributed by atoms with E-state index in [-0.39, 0.29) is 5.91 Å². The van der Waals surface area contributed by atoms with Gasteiger partial charge in [-0.2, -0.15) is 0 Å². The Morgan fingerprint density at radius 3 is 3.00 bits per heavy atom. The largest absolute Gasteiger partial charge is 0.385 e. The lowest BCUT2D eigenvalue weighted by molar-refractivity contribution is 0.0958. The summed E-state index contributed by atoms with van der Waals surface area (Å²) in [6, 6.07) is 3.69. The third-order valence-electron chi connectivity index (χ3n) is 3.27. The predicted octanol–water partition coefficient (Wildman–Crippen LogP) is 1.90. The summed E-state index contributed by atoms with van der Waals surface area (Å²) in [7, 11) is 1.61. The number of pyridine rings is 1. The van der Waals surface area contributed by atoms with Crippen LogP contribution in [0.15, 0.2) is 18.3 Å². The molecule has 4 nitrogen and oxygen atoms in total. The van der Waals surface area contributed by atoms with E-state index < -0.39 is 0 Å². The van der Waals surface area contributed by atoms with Crippen molar-refractivity contribution in [3.8, 4) is 0 Å². The summed E-state index contributed by atoms with van der Waals surface area (Å²) in [4.78, 5) is 15.5. The van der Waals surface area contributed by atoms with Gasteiger partial charge in [0.1, 0.15) is 5.69 Å². The van der Waals surface area contributed by atoms with Gasteiger partial charge in [0.25, 0.3) is 5.91 Å². The standard InChI is InChI=1S/C13H19N3O/c1-9(10-3-4-10)8-16-11-5-6-15-12(7-11)13(17)14-2/h5-7,9-10H,3-4,8H2,1-2H3,(H,14,17)(H,15,16). The van der Waals surface area contributed by atoms with Crippen LogP contribution < -0.4 is 10.6 Å². The van der Waals surface area contributed by atoms with Gasteiger partial charge in [-0.15, -0.1) is 0 Å². The number of rotatable bonds is 5. The maximum atomic E-state index is 11.4. The summed E-state index contributed by atoms with van der Waals surface area (Å²) >= 11 is 0. The van der Waals surface area contributed by atoms with E-state index in [1.165, 1.54) is 12.8 Å². The third kappa shape index (κ3) is 3.19. The Bertz CT molecular complexity index is 401. The number of nitrogens with one attached hydrogen (secondary N) is 2. The zero-order valence-electron chi connectivity index (χ0n) is 10.4. The molecule has 1 heterocycles. The maximum Gasteiger partial charge on any atom is 0.269 e. The number of nitrogens with zero attached hydrogens (tertiary/aromatic N) is 1. The lowest BCUT2D eigenvalue weighted by atomic mass is 10.1. The van der Waals surface area contributed by atoms with Gasteiger partial charge in [0, 0.05) is 25.5 Å². The zero-order chi connectivity index (χ0) is 12.3. The van der Waals surface area contributed by atoms with Gasteiger partial charge in [-0.05, 0) is 36.8 Å². The van der Waals surface area contributed by atoms with E-state index in [1.54, 1.807) is 19.3 Å². The van der Waals surface area contributed by atoms with E-state index in [9.17, 15) is 4.79 Å². The van der Waals surface area contributed by atoms with Crippen LogP contribution >= 0.6 is 0 Å². The first-order chi connectivity index (χ1) is 8.20. The molecule has 17 heavy (non-hydrogen) atoms. The fourth-order valence-electron chi connectivity index (χ4n) is 1.90. The molecule has 4 heteroatoms. The zero-order valence-corrected chi connectivity index (χ0v) is 10.4. The molecule has 1 aliphatic carbocycles. The minimum absolute atomic E-state index is 0.149. The van der Waals surface area contributed by atoms with E-state index >= 15 is 0 Å². The van der Waals surface area contributed by atoms with E-state index in [4.69, 9.17) is 0 Å². The minimum Gasteiger partial charge on any atom is -0.385 e. The highest BCUT2D eigenvalue weighted by Gasteiger charge is 2.27. The molecule has 1 fully saturated rings. The lowest BCUT2D eigenvalue weighted by Crippen LogP contribution is -2.19. The molecule has 1 amide bonds.